The maximum absolute atomic E-state index is 3.61. The summed E-state index contributed by atoms with van der Waals surface area (Å²) < 4.78 is 0. The minimum Gasteiger partial charge on any atom is -0.317 e. The Morgan fingerprint density at radius 3 is 2.93 bits per heavy atom. The lowest BCUT2D eigenvalue weighted by molar-refractivity contribution is 0.357. The number of hydrogen-bond donors (Lipinski definition) is 2. The van der Waals surface area contributed by atoms with E-state index in [9.17, 15) is 0 Å². The van der Waals surface area contributed by atoms with Crippen LogP contribution in [0, 0.1) is 5.92 Å². The van der Waals surface area contributed by atoms with Crippen LogP contribution in [0.2, 0.25) is 0 Å². The Labute approximate surface area is 93.5 Å². The molecule has 2 nitrogen and oxygen atoms in total. The first-order valence-corrected chi connectivity index (χ1v) is 6.54. The van der Waals surface area contributed by atoms with Gasteiger partial charge in [0.1, 0.15) is 0 Å². The van der Waals surface area contributed by atoms with E-state index in [4.69, 9.17) is 0 Å². The van der Waals surface area contributed by atoms with E-state index in [0.29, 0.717) is 0 Å². The zero-order chi connectivity index (χ0) is 10.3. The van der Waals surface area contributed by atoms with Crippen molar-refractivity contribution in [2.75, 3.05) is 26.2 Å². The average molecular weight is 208 g/mol. The molecule has 0 amide bonds. The molecule has 2 rings (SSSR count). The predicted molar refractivity (Wildman–Crippen MR) is 65.0 cm³/mol. The molecule has 2 aliphatic rings. The third-order valence-corrected chi connectivity index (χ3v) is 3.65. The van der Waals surface area contributed by atoms with Crippen LogP contribution in [0.25, 0.3) is 0 Å². The van der Waals surface area contributed by atoms with E-state index in [-0.39, 0.29) is 0 Å². The Bertz CT molecular complexity index is 205. The summed E-state index contributed by atoms with van der Waals surface area (Å²) in [6, 6.07) is 0. The second-order valence-corrected chi connectivity index (χ2v) is 4.90. The molecule has 0 aromatic heterocycles. The van der Waals surface area contributed by atoms with Crippen LogP contribution in [0.5, 0.6) is 0 Å². The van der Waals surface area contributed by atoms with Gasteiger partial charge in [0.25, 0.3) is 0 Å². The number of rotatable bonds is 5. The standard InChI is InChI=1S/C13H24N2/c1-2-4-12(3-1)5-10-15-11-13-6-8-14-9-7-13/h3,13-15H,1-2,4-11H2. The van der Waals surface area contributed by atoms with Gasteiger partial charge in [-0.1, -0.05) is 11.6 Å². The summed E-state index contributed by atoms with van der Waals surface area (Å²) in [6.07, 6.45) is 10.5. The molecule has 0 radical (unpaired) electrons. The molecule has 0 atom stereocenters. The number of nitrogens with one attached hydrogen (secondary N) is 2. The van der Waals surface area contributed by atoms with Gasteiger partial charge >= 0.3 is 0 Å². The van der Waals surface area contributed by atoms with E-state index in [0.717, 1.165) is 5.92 Å². The molecule has 1 fully saturated rings. The first-order chi connectivity index (χ1) is 7.45. The minimum absolute atomic E-state index is 0.920. The molecule has 0 bridgehead atoms. The monoisotopic (exact) mass is 208 g/mol. The fourth-order valence-electron chi connectivity index (χ4n) is 2.61. The quantitative estimate of drug-likeness (QED) is 0.534. The summed E-state index contributed by atoms with van der Waals surface area (Å²) in [7, 11) is 0. The van der Waals surface area contributed by atoms with Crippen molar-refractivity contribution < 1.29 is 0 Å². The highest BCUT2D eigenvalue weighted by Gasteiger charge is 2.12. The highest BCUT2D eigenvalue weighted by Crippen LogP contribution is 2.19. The van der Waals surface area contributed by atoms with Crippen molar-refractivity contribution in [1.29, 1.82) is 0 Å². The minimum atomic E-state index is 0.920. The Morgan fingerprint density at radius 2 is 2.20 bits per heavy atom. The first-order valence-electron chi connectivity index (χ1n) is 6.54. The lowest BCUT2D eigenvalue weighted by atomic mass is 9.98. The highest BCUT2D eigenvalue weighted by molar-refractivity contribution is 5.07. The van der Waals surface area contributed by atoms with Crippen LogP contribution in [-0.2, 0) is 0 Å². The molecular weight excluding hydrogens is 184 g/mol. The average Bonchev–Trinajstić information content (AvgIpc) is 2.79. The zero-order valence-electron chi connectivity index (χ0n) is 9.73. The summed E-state index contributed by atoms with van der Waals surface area (Å²) in [6.45, 7) is 4.86. The van der Waals surface area contributed by atoms with Crippen LogP contribution < -0.4 is 10.6 Å². The molecule has 15 heavy (non-hydrogen) atoms. The number of allylic oxidation sites excluding steroid dienone is 1. The number of piperidine rings is 1. The SMILES string of the molecule is C1=C(CCNCC2CCNCC2)CCC1. The van der Waals surface area contributed by atoms with Gasteiger partial charge in [-0.3, -0.25) is 0 Å². The zero-order valence-corrected chi connectivity index (χ0v) is 9.73. The molecule has 0 aromatic rings. The van der Waals surface area contributed by atoms with Gasteiger partial charge < -0.3 is 10.6 Å². The van der Waals surface area contributed by atoms with Crippen LogP contribution in [-0.4, -0.2) is 26.2 Å². The van der Waals surface area contributed by atoms with Crippen molar-refractivity contribution in [2.24, 2.45) is 5.92 Å². The van der Waals surface area contributed by atoms with Gasteiger partial charge in [-0.2, -0.15) is 0 Å². The topological polar surface area (TPSA) is 24.1 Å². The van der Waals surface area contributed by atoms with Crippen molar-refractivity contribution in [1.82, 2.24) is 10.6 Å². The van der Waals surface area contributed by atoms with Gasteiger partial charge in [0.15, 0.2) is 0 Å². The molecule has 0 spiro atoms. The summed E-state index contributed by atoms with van der Waals surface area (Å²) in [5, 5.41) is 7.03. The van der Waals surface area contributed by atoms with Crippen molar-refractivity contribution in [3.63, 3.8) is 0 Å². The molecular formula is C13H24N2. The molecule has 0 aromatic carbocycles. The fraction of sp³-hybridized carbons (Fsp3) is 0.846. The van der Waals surface area contributed by atoms with Gasteiger partial charge in [0.2, 0.25) is 0 Å². The molecule has 2 heteroatoms. The third-order valence-electron chi connectivity index (χ3n) is 3.65. The third kappa shape index (κ3) is 3.96. The van der Waals surface area contributed by atoms with Crippen LogP contribution >= 0.6 is 0 Å². The Morgan fingerprint density at radius 1 is 1.33 bits per heavy atom. The van der Waals surface area contributed by atoms with Crippen LogP contribution in [0.3, 0.4) is 0 Å². The molecule has 1 heterocycles. The molecule has 86 valence electrons. The summed E-state index contributed by atoms with van der Waals surface area (Å²) >= 11 is 0. The van der Waals surface area contributed by atoms with Crippen LogP contribution in [0.1, 0.15) is 38.5 Å². The second kappa shape index (κ2) is 6.29. The maximum atomic E-state index is 3.61. The van der Waals surface area contributed by atoms with Gasteiger partial charge in [-0.15, -0.1) is 0 Å². The van der Waals surface area contributed by atoms with E-state index in [1.54, 1.807) is 5.57 Å². The van der Waals surface area contributed by atoms with Crippen molar-refractivity contribution in [3.05, 3.63) is 11.6 Å². The molecule has 1 aliphatic heterocycles. The smallest absolute Gasteiger partial charge is 0.00115 e. The highest BCUT2D eigenvalue weighted by atomic mass is 14.9. The number of hydrogen-bond acceptors (Lipinski definition) is 2. The fourth-order valence-corrected chi connectivity index (χ4v) is 2.61. The van der Waals surface area contributed by atoms with E-state index >= 15 is 0 Å². The predicted octanol–water partition coefficient (Wildman–Crippen LogP) is 2.08. The van der Waals surface area contributed by atoms with Gasteiger partial charge in [-0.25, -0.2) is 0 Å². The summed E-state index contributed by atoms with van der Waals surface area (Å²) in [4.78, 5) is 0. The lowest BCUT2D eigenvalue weighted by Gasteiger charge is -2.22. The van der Waals surface area contributed by atoms with Crippen LogP contribution in [0.15, 0.2) is 11.6 Å². The van der Waals surface area contributed by atoms with Gasteiger partial charge in [0.05, 0.1) is 0 Å². The molecule has 0 unspecified atom stereocenters. The second-order valence-electron chi connectivity index (χ2n) is 4.90. The van der Waals surface area contributed by atoms with Crippen molar-refractivity contribution in [2.45, 2.75) is 38.5 Å². The normalized spacial score (nSPS) is 23.1. The summed E-state index contributed by atoms with van der Waals surface area (Å²) in [5.74, 6) is 0.920. The van der Waals surface area contributed by atoms with E-state index in [2.05, 4.69) is 16.7 Å². The van der Waals surface area contributed by atoms with E-state index in [1.165, 1.54) is 64.7 Å². The lowest BCUT2D eigenvalue weighted by Crippen LogP contribution is -2.33. The van der Waals surface area contributed by atoms with Gasteiger partial charge in [-0.05, 0) is 70.6 Å². The Balaban J connectivity index is 1.50. The van der Waals surface area contributed by atoms with E-state index < -0.39 is 0 Å². The Hall–Kier alpha value is -0.340. The molecule has 0 saturated carbocycles. The van der Waals surface area contributed by atoms with Gasteiger partial charge in [0, 0.05) is 0 Å². The van der Waals surface area contributed by atoms with Crippen molar-refractivity contribution >= 4 is 0 Å². The van der Waals surface area contributed by atoms with Crippen LogP contribution in [0.4, 0.5) is 0 Å². The largest absolute Gasteiger partial charge is 0.317 e. The molecule has 1 aliphatic carbocycles. The first kappa shape index (κ1) is 11.2. The Kier molecular flexibility index (Phi) is 4.68. The van der Waals surface area contributed by atoms with Crippen molar-refractivity contribution in [3.8, 4) is 0 Å². The summed E-state index contributed by atoms with van der Waals surface area (Å²) in [5.41, 5.74) is 1.69. The molecule has 2 N–H and O–H groups in total. The maximum Gasteiger partial charge on any atom is -0.00115 e. The van der Waals surface area contributed by atoms with E-state index in [1.807, 2.05) is 0 Å². The molecule has 1 saturated heterocycles.